The van der Waals surface area contributed by atoms with Gasteiger partial charge in [0.2, 0.25) is 5.91 Å². The first-order valence-corrected chi connectivity index (χ1v) is 7.52. The second-order valence-corrected chi connectivity index (χ2v) is 6.42. The molecule has 2 aliphatic rings. The Morgan fingerprint density at radius 2 is 2.00 bits per heavy atom. The van der Waals surface area contributed by atoms with Crippen LogP contribution in [0.4, 0.5) is 0 Å². The summed E-state index contributed by atoms with van der Waals surface area (Å²) in [6, 6.07) is 7.98. The van der Waals surface area contributed by atoms with Gasteiger partial charge in [-0.3, -0.25) is 4.79 Å². The number of hydrogen-bond acceptors (Lipinski definition) is 3. The number of amides is 1. The van der Waals surface area contributed by atoms with E-state index >= 15 is 0 Å². The molecule has 1 aromatic carbocycles. The van der Waals surface area contributed by atoms with Crippen molar-refractivity contribution >= 4 is 56.5 Å². The summed E-state index contributed by atoms with van der Waals surface area (Å²) in [5.41, 5.74) is 2.12. The first-order valence-electron chi connectivity index (χ1n) is 5.38. The van der Waals surface area contributed by atoms with Crippen molar-refractivity contribution in [3.63, 3.8) is 0 Å². The molecule has 0 saturated carbocycles. The minimum atomic E-state index is -0.178. The van der Waals surface area contributed by atoms with Crippen molar-refractivity contribution in [3.8, 4) is 0 Å². The average molecular weight is 341 g/mol. The van der Waals surface area contributed by atoms with Gasteiger partial charge in [-0.2, -0.15) is 0 Å². The highest BCUT2D eigenvalue weighted by atomic mass is 79.9. The highest BCUT2D eigenvalue weighted by Crippen LogP contribution is 2.41. The topological polar surface area (TPSA) is 41.1 Å². The van der Waals surface area contributed by atoms with E-state index in [0.717, 1.165) is 15.6 Å². The number of thiocarbonyl (C=S) groups is 1. The van der Waals surface area contributed by atoms with E-state index in [2.05, 4.69) is 26.6 Å². The van der Waals surface area contributed by atoms with Crippen LogP contribution < -0.4 is 10.6 Å². The van der Waals surface area contributed by atoms with Crippen molar-refractivity contribution in [2.24, 2.45) is 5.92 Å². The zero-order valence-electron chi connectivity index (χ0n) is 9.14. The Morgan fingerprint density at radius 3 is 2.72 bits per heavy atom. The number of thioether (sulfide) groups is 1. The van der Waals surface area contributed by atoms with E-state index in [1.165, 1.54) is 0 Å². The molecular weight excluding hydrogens is 332 g/mol. The lowest BCUT2D eigenvalue weighted by atomic mass is 9.92. The quantitative estimate of drug-likeness (QED) is 0.770. The molecule has 2 unspecified atom stereocenters. The third-order valence-electron chi connectivity index (χ3n) is 2.95. The summed E-state index contributed by atoms with van der Waals surface area (Å²) < 4.78 is 1.03. The highest BCUT2D eigenvalue weighted by Gasteiger charge is 2.40. The monoisotopic (exact) mass is 340 g/mol. The molecule has 0 radical (unpaired) electrons. The molecule has 3 rings (SSSR count). The Morgan fingerprint density at radius 1 is 1.28 bits per heavy atom. The van der Waals surface area contributed by atoms with Gasteiger partial charge in [-0.15, -0.1) is 11.8 Å². The van der Waals surface area contributed by atoms with Crippen LogP contribution in [0.5, 0.6) is 0 Å². The van der Waals surface area contributed by atoms with E-state index in [0.29, 0.717) is 5.11 Å². The predicted molar refractivity (Wildman–Crippen MR) is 80.9 cm³/mol. The third-order valence-corrected chi connectivity index (χ3v) is 4.77. The van der Waals surface area contributed by atoms with Gasteiger partial charge in [0, 0.05) is 4.47 Å². The van der Waals surface area contributed by atoms with Crippen molar-refractivity contribution in [2.75, 3.05) is 0 Å². The summed E-state index contributed by atoms with van der Waals surface area (Å²) in [5, 5.41) is 8.28. The minimum absolute atomic E-state index is 0.0184. The normalized spacial score (nSPS) is 26.2. The van der Waals surface area contributed by atoms with E-state index in [9.17, 15) is 4.79 Å². The Hall–Kier alpha value is -0.850. The molecule has 2 atom stereocenters. The van der Waals surface area contributed by atoms with Gasteiger partial charge in [-0.05, 0) is 40.9 Å². The number of carbonyl (C=O) groups is 1. The SMILES string of the molecule is O=C1NC(=S)NC2SC=C(c3ccc(Br)cc3)C12. The molecule has 18 heavy (non-hydrogen) atoms. The Balaban J connectivity index is 1.93. The summed E-state index contributed by atoms with van der Waals surface area (Å²) in [6.07, 6.45) is 0. The Bertz CT molecular complexity index is 556. The maximum absolute atomic E-state index is 12.0. The van der Waals surface area contributed by atoms with Gasteiger partial charge in [0.25, 0.3) is 0 Å². The van der Waals surface area contributed by atoms with E-state index in [4.69, 9.17) is 12.2 Å². The first-order chi connectivity index (χ1) is 8.65. The lowest BCUT2D eigenvalue weighted by molar-refractivity contribution is -0.122. The van der Waals surface area contributed by atoms with Crippen molar-refractivity contribution in [3.05, 3.63) is 39.7 Å². The molecule has 1 saturated heterocycles. The second kappa shape index (κ2) is 4.68. The van der Waals surface area contributed by atoms with Crippen LogP contribution in [-0.2, 0) is 4.79 Å². The number of nitrogens with one attached hydrogen (secondary N) is 2. The van der Waals surface area contributed by atoms with E-state index in [-0.39, 0.29) is 17.2 Å². The van der Waals surface area contributed by atoms with Crippen LogP contribution in [0.15, 0.2) is 34.1 Å². The number of hydrogen-bond donors (Lipinski definition) is 2. The molecule has 6 heteroatoms. The van der Waals surface area contributed by atoms with Crippen molar-refractivity contribution < 1.29 is 4.79 Å². The summed E-state index contributed by atoms with van der Waals surface area (Å²) in [4.78, 5) is 12.0. The van der Waals surface area contributed by atoms with Crippen LogP contribution >= 0.6 is 39.9 Å². The number of rotatable bonds is 1. The van der Waals surface area contributed by atoms with Crippen molar-refractivity contribution in [1.29, 1.82) is 0 Å². The van der Waals surface area contributed by atoms with Crippen molar-refractivity contribution in [2.45, 2.75) is 5.37 Å². The van der Waals surface area contributed by atoms with Crippen LogP contribution in [0.1, 0.15) is 5.56 Å². The zero-order chi connectivity index (χ0) is 12.7. The fraction of sp³-hybridized carbons (Fsp3) is 0.167. The average Bonchev–Trinajstić information content (AvgIpc) is 2.74. The summed E-state index contributed by atoms with van der Waals surface area (Å²) in [6.45, 7) is 0. The first kappa shape index (κ1) is 12.2. The molecule has 1 amide bonds. The van der Waals surface area contributed by atoms with Crippen LogP contribution in [0.25, 0.3) is 5.57 Å². The summed E-state index contributed by atoms with van der Waals surface area (Å²) in [5.74, 6) is -0.203. The van der Waals surface area contributed by atoms with E-state index in [1.807, 2.05) is 29.7 Å². The molecule has 0 aliphatic carbocycles. The van der Waals surface area contributed by atoms with Gasteiger partial charge < -0.3 is 10.6 Å². The lowest BCUT2D eigenvalue weighted by Crippen LogP contribution is -2.55. The standard InChI is InChI=1S/C12H9BrN2OS2/c13-7-3-1-6(2-4-7)8-5-18-11-9(8)10(16)14-12(17)15-11/h1-5,9,11H,(H2,14,15,16,17). The molecule has 1 aromatic rings. The second-order valence-electron chi connectivity index (χ2n) is 4.08. The summed E-state index contributed by atoms with van der Waals surface area (Å²) >= 11 is 10.0. The number of carbonyl (C=O) groups excluding carboxylic acids is 1. The zero-order valence-corrected chi connectivity index (χ0v) is 12.4. The van der Waals surface area contributed by atoms with Gasteiger partial charge in [0.1, 0.15) is 0 Å². The van der Waals surface area contributed by atoms with Crippen LogP contribution in [0.2, 0.25) is 0 Å². The molecule has 92 valence electrons. The van der Waals surface area contributed by atoms with Crippen LogP contribution in [0.3, 0.4) is 0 Å². The Labute approximate surface area is 123 Å². The number of benzene rings is 1. The fourth-order valence-corrected chi connectivity index (χ4v) is 3.86. The minimum Gasteiger partial charge on any atom is -0.349 e. The van der Waals surface area contributed by atoms with Gasteiger partial charge in [0.05, 0.1) is 11.3 Å². The fourth-order valence-electron chi connectivity index (χ4n) is 2.10. The number of halogens is 1. The molecular formula is C12H9BrN2OS2. The van der Waals surface area contributed by atoms with Crippen LogP contribution in [0, 0.1) is 5.92 Å². The summed E-state index contributed by atoms with van der Waals surface area (Å²) in [7, 11) is 0. The molecule has 2 aliphatic heterocycles. The largest absolute Gasteiger partial charge is 0.349 e. The molecule has 0 bridgehead atoms. The van der Waals surface area contributed by atoms with Gasteiger partial charge in [0.15, 0.2) is 5.11 Å². The highest BCUT2D eigenvalue weighted by molar-refractivity contribution is 9.10. The maximum atomic E-state index is 12.0. The molecule has 1 fully saturated rings. The van der Waals surface area contributed by atoms with E-state index < -0.39 is 0 Å². The molecule has 0 aromatic heterocycles. The maximum Gasteiger partial charge on any atom is 0.236 e. The van der Waals surface area contributed by atoms with Gasteiger partial charge >= 0.3 is 0 Å². The van der Waals surface area contributed by atoms with Gasteiger partial charge in [-0.1, -0.05) is 28.1 Å². The van der Waals surface area contributed by atoms with E-state index in [1.54, 1.807) is 11.8 Å². The van der Waals surface area contributed by atoms with Crippen LogP contribution in [-0.4, -0.2) is 16.4 Å². The third kappa shape index (κ3) is 2.08. The lowest BCUT2D eigenvalue weighted by Gasteiger charge is -2.28. The van der Waals surface area contributed by atoms with Crippen molar-refractivity contribution in [1.82, 2.24) is 10.6 Å². The predicted octanol–water partition coefficient (Wildman–Crippen LogP) is 2.48. The molecule has 2 heterocycles. The van der Waals surface area contributed by atoms with Gasteiger partial charge in [-0.25, -0.2) is 0 Å². The number of fused-ring (bicyclic) bond motifs is 1. The Kier molecular flexibility index (Phi) is 3.17. The molecule has 2 N–H and O–H groups in total. The smallest absolute Gasteiger partial charge is 0.236 e. The molecule has 3 nitrogen and oxygen atoms in total. The molecule has 0 spiro atoms.